The Morgan fingerprint density at radius 1 is 1.25 bits per heavy atom. The molecular formula is C19H19ClN4O3S. The van der Waals surface area contributed by atoms with Gasteiger partial charge < -0.3 is 4.74 Å². The molecular weight excluding hydrogens is 400 g/mol. The van der Waals surface area contributed by atoms with Crippen molar-refractivity contribution >= 4 is 21.6 Å². The van der Waals surface area contributed by atoms with Crippen molar-refractivity contribution in [3.05, 3.63) is 64.6 Å². The third-order valence-corrected chi connectivity index (χ3v) is 6.38. The first-order chi connectivity index (χ1) is 13.4. The van der Waals surface area contributed by atoms with E-state index in [1.807, 2.05) is 0 Å². The maximum Gasteiger partial charge on any atom is 0.242 e. The number of nitrogens with one attached hydrogen (secondary N) is 2. The minimum atomic E-state index is -3.73. The summed E-state index contributed by atoms with van der Waals surface area (Å²) in [5.74, 6) is 0.916. The molecule has 7 nitrogen and oxygen atoms in total. The van der Waals surface area contributed by atoms with Crippen molar-refractivity contribution in [3.63, 3.8) is 0 Å². The summed E-state index contributed by atoms with van der Waals surface area (Å²) >= 11 is 5.87. The zero-order chi connectivity index (χ0) is 19.7. The van der Waals surface area contributed by atoms with Crippen molar-refractivity contribution < 1.29 is 13.2 Å². The first-order valence-corrected chi connectivity index (χ1v) is 10.7. The Balaban J connectivity index is 1.54. The van der Waals surface area contributed by atoms with Crippen LogP contribution in [0.5, 0.6) is 11.6 Å². The molecule has 0 aliphatic heterocycles. The summed E-state index contributed by atoms with van der Waals surface area (Å²) in [5, 5.41) is 7.57. The average Bonchev–Trinajstić information content (AvgIpc) is 3.15. The molecule has 0 fully saturated rings. The lowest BCUT2D eigenvalue weighted by Gasteiger charge is -2.23. The molecule has 0 amide bonds. The molecule has 1 aromatic carbocycles. The zero-order valence-corrected chi connectivity index (χ0v) is 16.7. The molecule has 0 saturated heterocycles. The number of rotatable bonds is 5. The maximum absolute atomic E-state index is 12.9. The molecule has 0 saturated carbocycles. The van der Waals surface area contributed by atoms with Crippen molar-refractivity contribution in [1.29, 1.82) is 0 Å². The van der Waals surface area contributed by atoms with Gasteiger partial charge in [-0.15, -0.1) is 0 Å². The van der Waals surface area contributed by atoms with E-state index < -0.39 is 10.0 Å². The molecule has 0 bridgehead atoms. The fourth-order valence-corrected chi connectivity index (χ4v) is 4.65. The van der Waals surface area contributed by atoms with E-state index in [-0.39, 0.29) is 10.9 Å². The summed E-state index contributed by atoms with van der Waals surface area (Å²) in [6.45, 7) is 1.76. The lowest BCUT2D eigenvalue weighted by molar-refractivity contribution is 0.457. The lowest BCUT2D eigenvalue weighted by atomic mass is 9.94. The number of benzene rings is 1. The van der Waals surface area contributed by atoms with Gasteiger partial charge in [0.05, 0.1) is 18.4 Å². The molecule has 0 radical (unpaired) electrons. The second-order valence-corrected chi connectivity index (χ2v) is 8.87. The Morgan fingerprint density at radius 3 is 2.79 bits per heavy atom. The van der Waals surface area contributed by atoms with Gasteiger partial charge in [0.2, 0.25) is 15.9 Å². The lowest BCUT2D eigenvalue weighted by Crippen LogP contribution is -2.30. The number of pyridine rings is 1. The van der Waals surface area contributed by atoms with Gasteiger partial charge in [-0.05, 0) is 56.5 Å². The fourth-order valence-electron chi connectivity index (χ4n) is 3.24. The molecule has 1 unspecified atom stereocenters. The summed E-state index contributed by atoms with van der Waals surface area (Å²) in [4.78, 5) is 4.30. The number of halogens is 1. The molecule has 1 atom stereocenters. The van der Waals surface area contributed by atoms with Gasteiger partial charge in [0.15, 0.2) is 0 Å². The molecule has 146 valence electrons. The van der Waals surface area contributed by atoms with E-state index >= 15 is 0 Å². The quantitative estimate of drug-likeness (QED) is 0.654. The molecule has 3 aromatic rings. The van der Waals surface area contributed by atoms with Crippen molar-refractivity contribution in [1.82, 2.24) is 19.9 Å². The van der Waals surface area contributed by atoms with Gasteiger partial charge in [0, 0.05) is 21.8 Å². The van der Waals surface area contributed by atoms with Gasteiger partial charge in [-0.2, -0.15) is 5.10 Å². The van der Waals surface area contributed by atoms with Crippen molar-refractivity contribution in [2.75, 3.05) is 0 Å². The molecule has 1 aliphatic rings. The van der Waals surface area contributed by atoms with E-state index in [1.54, 1.807) is 43.5 Å². The van der Waals surface area contributed by atoms with Gasteiger partial charge in [0.25, 0.3) is 0 Å². The zero-order valence-electron chi connectivity index (χ0n) is 15.1. The highest BCUT2D eigenvalue weighted by atomic mass is 35.5. The van der Waals surface area contributed by atoms with E-state index in [9.17, 15) is 8.42 Å². The fraction of sp³-hybridized carbons (Fsp3) is 0.263. The molecule has 2 heterocycles. The standard InChI is InChI=1S/C19H19ClN4O3S/c1-12-9-15(10-21-19(12)27-14-7-5-13(20)6-8-14)28(25,26)24-18-4-2-3-17-16(18)11-22-23-17/h5-11,18,24H,2-4H2,1H3,(H,22,23). The van der Waals surface area contributed by atoms with Crippen molar-refractivity contribution in [2.24, 2.45) is 0 Å². The van der Waals surface area contributed by atoms with Crippen LogP contribution in [0.3, 0.4) is 0 Å². The van der Waals surface area contributed by atoms with Gasteiger partial charge in [-0.3, -0.25) is 5.10 Å². The van der Waals surface area contributed by atoms with Crippen molar-refractivity contribution in [2.45, 2.75) is 37.1 Å². The van der Waals surface area contributed by atoms with Crippen LogP contribution in [0.1, 0.15) is 35.7 Å². The highest BCUT2D eigenvalue weighted by molar-refractivity contribution is 7.89. The largest absolute Gasteiger partial charge is 0.439 e. The Kier molecular flexibility index (Phi) is 5.09. The smallest absolute Gasteiger partial charge is 0.242 e. The normalized spacial score (nSPS) is 16.6. The second-order valence-electron chi connectivity index (χ2n) is 6.72. The minimum Gasteiger partial charge on any atom is -0.439 e. The summed E-state index contributed by atoms with van der Waals surface area (Å²) < 4.78 is 34.2. The first kappa shape index (κ1) is 18.9. The van der Waals surface area contributed by atoms with Crippen LogP contribution in [-0.4, -0.2) is 23.6 Å². The van der Waals surface area contributed by atoms with Crippen LogP contribution in [0.25, 0.3) is 0 Å². The molecule has 2 aromatic heterocycles. The van der Waals surface area contributed by atoms with E-state index in [1.165, 1.54) is 6.20 Å². The predicted octanol–water partition coefficient (Wildman–Crippen LogP) is 3.91. The van der Waals surface area contributed by atoms with Crippen LogP contribution in [-0.2, 0) is 16.4 Å². The predicted molar refractivity (Wildman–Crippen MR) is 105 cm³/mol. The summed E-state index contributed by atoms with van der Waals surface area (Å²) in [5.41, 5.74) is 2.51. The van der Waals surface area contributed by atoms with E-state index in [0.29, 0.717) is 22.2 Å². The Morgan fingerprint density at radius 2 is 2.04 bits per heavy atom. The van der Waals surface area contributed by atoms with Crippen LogP contribution in [0, 0.1) is 6.92 Å². The van der Waals surface area contributed by atoms with Crippen molar-refractivity contribution in [3.8, 4) is 11.6 Å². The van der Waals surface area contributed by atoms with Crippen LogP contribution in [0.2, 0.25) is 5.02 Å². The van der Waals surface area contributed by atoms with Crippen LogP contribution >= 0.6 is 11.6 Å². The number of aromatic amines is 1. The van der Waals surface area contributed by atoms with Gasteiger partial charge >= 0.3 is 0 Å². The van der Waals surface area contributed by atoms with Crippen LogP contribution in [0.4, 0.5) is 0 Å². The average molecular weight is 419 g/mol. The minimum absolute atomic E-state index is 0.101. The third-order valence-electron chi connectivity index (χ3n) is 4.69. The van der Waals surface area contributed by atoms with Gasteiger partial charge in [0.1, 0.15) is 10.6 Å². The number of H-pyrrole nitrogens is 1. The number of ether oxygens (including phenoxy) is 1. The highest BCUT2D eigenvalue weighted by Gasteiger charge is 2.27. The van der Waals surface area contributed by atoms with Crippen LogP contribution in [0.15, 0.2) is 47.6 Å². The molecule has 1 aliphatic carbocycles. The summed E-state index contributed by atoms with van der Waals surface area (Å²) in [7, 11) is -3.73. The number of hydrogen-bond acceptors (Lipinski definition) is 5. The Bertz CT molecular complexity index is 1100. The SMILES string of the molecule is Cc1cc(S(=O)(=O)NC2CCCc3[nH]ncc32)cnc1Oc1ccc(Cl)cc1. The number of aryl methyl sites for hydroxylation is 2. The van der Waals surface area contributed by atoms with E-state index in [4.69, 9.17) is 16.3 Å². The number of aromatic nitrogens is 3. The number of sulfonamides is 1. The van der Waals surface area contributed by atoms with Crippen LogP contribution < -0.4 is 9.46 Å². The molecule has 4 rings (SSSR count). The van der Waals surface area contributed by atoms with Gasteiger partial charge in [-0.1, -0.05) is 11.6 Å². The molecule has 2 N–H and O–H groups in total. The van der Waals surface area contributed by atoms with Gasteiger partial charge in [-0.25, -0.2) is 18.1 Å². The number of fused-ring (bicyclic) bond motifs is 1. The number of nitrogens with zero attached hydrogens (tertiary/aromatic N) is 2. The Hall–Kier alpha value is -2.42. The highest BCUT2D eigenvalue weighted by Crippen LogP contribution is 2.30. The van der Waals surface area contributed by atoms with E-state index in [2.05, 4.69) is 19.9 Å². The summed E-state index contributed by atoms with van der Waals surface area (Å²) in [6.07, 6.45) is 5.50. The topological polar surface area (TPSA) is 97.0 Å². The van der Waals surface area contributed by atoms with E-state index in [0.717, 1.165) is 30.5 Å². The molecule has 0 spiro atoms. The number of hydrogen-bond donors (Lipinski definition) is 2. The second kappa shape index (κ2) is 7.54. The Labute approximate surface area is 168 Å². The maximum atomic E-state index is 12.9. The molecule has 28 heavy (non-hydrogen) atoms. The third kappa shape index (κ3) is 3.89. The first-order valence-electron chi connectivity index (χ1n) is 8.87. The molecule has 9 heteroatoms. The monoisotopic (exact) mass is 418 g/mol. The summed E-state index contributed by atoms with van der Waals surface area (Å²) in [6, 6.07) is 8.13.